The fourth-order valence-corrected chi connectivity index (χ4v) is 5.80. The van der Waals surface area contributed by atoms with Crippen LogP contribution in [0, 0.1) is 6.92 Å². The summed E-state index contributed by atoms with van der Waals surface area (Å²) < 4.78 is 6.00. The Morgan fingerprint density at radius 2 is 1.67 bits per heavy atom. The highest BCUT2D eigenvalue weighted by atomic mass is 16.5. The predicted octanol–water partition coefficient (Wildman–Crippen LogP) is 5.39. The molecule has 2 aromatic heterocycles. The molecule has 12 heteroatoms. The first-order chi connectivity index (χ1) is 24.8. The maximum Gasteiger partial charge on any atom is 0.255 e. The quantitative estimate of drug-likeness (QED) is 0.119. The van der Waals surface area contributed by atoms with Crippen molar-refractivity contribution in [3.63, 3.8) is 0 Å². The van der Waals surface area contributed by atoms with Crippen molar-refractivity contribution in [1.82, 2.24) is 30.1 Å². The number of nitrogens with two attached hydrogens (primary N) is 1. The molecule has 3 heterocycles. The molecule has 1 saturated heterocycles. The summed E-state index contributed by atoms with van der Waals surface area (Å²) in [4.78, 5) is 43.5. The minimum Gasteiger partial charge on any atom is -0.375 e. The van der Waals surface area contributed by atoms with Crippen LogP contribution in [-0.2, 0) is 16.1 Å². The third-order valence-electron chi connectivity index (χ3n) is 9.10. The lowest BCUT2D eigenvalue weighted by Gasteiger charge is -2.34. The number of benzene rings is 2. The van der Waals surface area contributed by atoms with Crippen LogP contribution in [0.3, 0.4) is 0 Å². The molecule has 0 unspecified atom stereocenters. The van der Waals surface area contributed by atoms with Gasteiger partial charge < -0.3 is 26.4 Å². The predicted molar refractivity (Wildman–Crippen MR) is 206 cm³/mol. The molecular weight excluding hydrogens is 654 g/mol. The number of nitrogens with one attached hydrogen (secondary N) is 3. The van der Waals surface area contributed by atoms with E-state index in [1.165, 1.54) is 0 Å². The van der Waals surface area contributed by atoms with Crippen molar-refractivity contribution in [1.29, 1.82) is 0 Å². The van der Waals surface area contributed by atoms with Crippen molar-refractivity contribution >= 4 is 29.1 Å². The van der Waals surface area contributed by atoms with Crippen molar-refractivity contribution in [2.45, 2.75) is 65.1 Å². The number of carbonyl (C=O) groups is 2. The molecule has 0 aliphatic carbocycles. The van der Waals surface area contributed by atoms with Crippen LogP contribution in [0.2, 0.25) is 0 Å². The highest BCUT2D eigenvalue weighted by Gasteiger charge is 2.22. The van der Waals surface area contributed by atoms with Crippen LogP contribution in [0.5, 0.6) is 0 Å². The third kappa shape index (κ3) is 12.2. The second kappa shape index (κ2) is 17.6. The number of aromatic nitrogens is 3. The largest absolute Gasteiger partial charge is 0.375 e. The number of piperazine rings is 1. The van der Waals surface area contributed by atoms with Crippen molar-refractivity contribution in [2.24, 2.45) is 5.73 Å². The van der Waals surface area contributed by atoms with Gasteiger partial charge in [0.05, 0.1) is 17.8 Å². The van der Waals surface area contributed by atoms with Gasteiger partial charge in [-0.1, -0.05) is 18.2 Å². The molecule has 1 aliphatic rings. The van der Waals surface area contributed by atoms with Gasteiger partial charge in [0.1, 0.15) is 0 Å². The summed E-state index contributed by atoms with van der Waals surface area (Å²) in [7, 11) is 0. The normalized spacial score (nSPS) is 14.2. The molecule has 0 bridgehead atoms. The van der Waals surface area contributed by atoms with E-state index in [4.69, 9.17) is 10.5 Å². The van der Waals surface area contributed by atoms with Gasteiger partial charge in [-0.15, -0.1) is 0 Å². The van der Waals surface area contributed by atoms with Crippen LogP contribution < -0.4 is 21.7 Å². The summed E-state index contributed by atoms with van der Waals surface area (Å²) in [6.45, 7) is 15.8. The fourth-order valence-electron chi connectivity index (χ4n) is 5.80. The van der Waals surface area contributed by atoms with E-state index in [2.05, 4.69) is 40.7 Å². The van der Waals surface area contributed by atoms with E-state index in [9.17, 15) is 9.59 Å². The summed E-state index contributed by atoms with van der Waals surface area (Å²) in [5.74, 6) is 0.311. The zero-order valence-electron chi connectivity index (χ0n) is 31.1. The van der Waals surface area contributed by atoms with Gasteiger partial charge in [-0.3, -0.25) is 24.4 Å². The second-order valence-electron chi connectivity index (χ2n) is 14.8. The van der Waals surface area contributed by atoms with Crippen LogP contribution in [0.4, 0.5) is 17.3 Å². The first kappa shape index (κ1) is 38.5. The molecule has 1 fully saturated rings. The SMILES string of the molecule is Cc1ccc(NC(=O)c2ccc(CN3CCN(CC(=O)NCCC(C)(C)OCCC(C)(C)N)CC3)cc2)cc1Nc1nccc(-c2cccnc2)n1. The number of aryl methyl sites for hydroxylation is 1. The maximum atomic E-state index is 13.2. The number of hydrogen-bond acceptors (Lipinski definition) is 10. The van der Waals surface area contributed by atoms with Crippen LogP contribution in [-0.4, -0.2) is 93.6 Å². The Kier molecular flexibility index (Phi) is 13.1. The van der Waals surface area contributed by atoms with E-state index in [1.54, 1.807) is 18.6 Å². The molecule has 2 aromatic carbocycles. The Hall–Kier alpha value is -4.75. The topological polar surface area (TPSA) is 151 Å². The number of carbonyl (C=O) groups excluding carboxylic acids is 2. The van der Waals surface area contributed by atoms with Crippen LogP contribution in [0.1, 0.15) is 62.0 Å². The number of nitrogens with zero attached hydrogens (tertiary/aromatic N) is 5. The average molecular weight is 708 g/mol. The molecule has 12 nitrogen and oxygen atoms in total. The van der Waals surface area contributed by atoms with E-state index in [0.717, 1.165) is 73.6 Å². The van der Waals surface area contributed by atoms with E-state index in [1.807, 2.05) is 95.3 Å². The molecule has 0 saturated carbocycles. The summed E-state index contributed by atoms with van der Waals surface area (Å²) in [6.07, 6.45) is 6.72. The first-order valence-corrected chi connectivity index (χ1v) is 18.0. The van der Waals surface area contributed by atoms with E-state index >= 15 is 0 Å². The average Bonchev–Trinajstić information content (AvgIpc) is 3.10. The van der Waals surface area contributed by atoms with E-state index in [-0.39, 0.29) is 23.0 Å². The van der Waals surface area contributed by atoms with Gasteiger partial charge in [-0.25, -0.2) is 9.97 Å². The van der Waals surface area contributed by atoms with Gasteiger partial charge in [0, 0.05) is 92.5 Å². The number of rotatable bonds is 16. The fraction of sp³-hybridized carbons (Fsp3) is 0.425. The van der Waals surface area contributed by atoms with Gasteiger partial charge in [0.2, 0.25) is 11.9 Å². The number of hydrogen-bond donors (Lipinski definition) is 4. The van der Waals surface area contributed by atoms with Gasteiger partial charge in [-0.2, -0.15) is 0 Å². The molecule has 4 aromatic rings. The third-order valence-corrected chi connectivity index (χ3v) is 9.10. The Bertz CT molecular complexity index is 1770. The number of amides is 2. The molecule has 0 radical (unpaired) electrons. The molecule has 5 rings (SSSR count). The van der Waals surface area contributed by atoms with Gasteiger partial charge in [0.25, 0.3) is 5.91 Å². The minimum absolute atomic E-state index is 0.0416. The Labute approximate surface area is 307 Å². The summed E-state index contributed by atoms with van der Waals surface area (Å²) in [5, 5.41) is 9.36. The first-order valence-electron chi connectivity index (χ1n) is 18.0. The monoisotopic (exact) mass is 707 g/mol. The number of ether oxygens (including phenoxy) is 1. The lowest BCUT2D eigenvalue weighted by atomic mass is 10.0. The zero-order valence-corrected chi connectivity index (χ0v) is 31.1. The Morgan fingerprint density at radius 1 is 0.923 bits per heavy atom. The Morgan fingerprint density at radius 3 is 2.38 bits per heavy atom. The summed E-state index contributed by atoms with van der Waals surface area (Å²) >= 11 is 0. The minimum atomic E-state index is -0.318. The van der Waals surface area contributed by atoms with Crippen molar-refractivity contribution in [3.8, 4) is 11.3 Å². The molecule has 1 aliphatic heterocycles. The molecule has 0 atom stereocenters. The van der Waals surface area contributed by atoms with Crippen molar-refractivity contribution < 1.29 is 14.3 Å². The van der Waals surface area contributed by atoms with Crippen molar-refractivity contribution in [2.75, 3.05) is 56.5 Å². The van der Waals surface area contributed by atoms with Crippen LogP contribution in [0.15, 0.2) is 79.3 Å². The number of anilines is 3. The molecule has 2 amide bonds. The summed E-state index contributed by atoms with van der Waals surface area (Å²) in [5.41, 5.74) is 11.3. The summed E-state index contributed by atoms with van der Waals surface area (Å²) in [6, 6.07) is 19.1. The highest BCUT2D eigenvalue weighted by Crippen LogP contribution is 2.25. The lowest BCUT2D eigenvalue weighted by molar-refractivity contribution is -0.123. The van der Waals surface area contributed by atoms with Gasteiger partial charge in [0.15, 0.2) is 0 Å². The molecule has 276 valence electrons. The second-order valence-corrected chi connectivity index (χ2v) is 14.8. The van der Waals surface area contributed by atoms with Gasteiger partial charge in [-0.05, 0) is 101 Å². The van der Waals surface area contributed by atoms with Gasteiger partial charge >= 0.3 is 0 Å². The molecule has 0 spiro atoms. The maximum absolute atomic E-state index is 13.2. The van der Waals surface area contributed by atoms with E-state index in [0.29, 0.717) is 36.9 Å². The highest BCUT2D eigenvalue weighted by molar-refractivity contribution is 6.04. The lowest BCUT2D eigenvalue weighted by Crippen LogP contribution is -2.49. The smallest absolute Gasteiger partial charge is 0.255 e. The van der Waals surface area contributed by atoms with Crippen LogP contribution in [0.25, 0.3) is 11.3 Å². The van der Waals surface area contributed by atoms with Crippen LogP contribution >= 0.6 is 0 Å². The molecule has 52 heavy (non-hydrogen) atoms. The zero-order chi connectivity index (χ0) is 37.1. The molecule has 5 N–H and O–H groups in total. The molecular formula is C40H53N9O3. The van der Waals surface area contributed by atoms with E-state index < -0.39 is 0 Å². The Balaban J connectivity index is 1.04. The number of pyridine rings is 1. The standard InChI is InChI=1S/C40H53N9O3/c1-29-8-13-33(25-35(29)47-38-44-18-14-34(46-38)32-7-6-17-42-26-32)45-37(51)31-11-9-30(10-12-31)27-48-20-22-49(23-21-48)28-36(50)43-19-15-40(4,5)52-24-16-39(2,3)41/h6-14,17-18,25-26H,15-16,19-24,27-28,41H2,1-5H3,(H,43,50)(H,45,51)(H,44,46,47). The van der Waals surface area contributed by atoms with Crippen molar-refractivity contribution in [3.05, 3.63) is 95.9 Å².